The molecule has 0 spiro atoms. The van der Waals surface area contributed by atoms with E-state index in [0.717, 1.165) is 22.0 Å². The van der Waals surface area contributed by atoms with Crippen LogP contribution in [0.1, 0.15) is 16.5 Å². The summed E-state index contributed by atoms with van der Waals surface area (Å²) in [6.45, 7) is 3.41. The molecule has 0 fully saturated rings. The predicted molar refractivity (Wildman–Crippen MR) is 63.8 cm³/mol. The quantitative estimate of drug-likeness (QED) is 0.939. The number of rotatable bonds is 4. The molecule has 0 saturated heterocycles. The third kappa shape index (κ3) is 3.15. The highest BCUT2D eigenvalue weighted by molar-refractivity contribution is 9.11. The van der Waals surface area contributed by atoms with Crippen molar-refractivity contribution in [3.8, 4) is 0 Å². The van der Waals surface area contributed by atoms with Crippen LogP contribution in [0.5, 0.6) is 0 Å². The molecule has 1 N–H and O–H groups in total. The zero-order valence-electron chi connectivity index (χ0n) is 8.29. The maximum Gasteiger partial charge on any atom is 0.208 e. The van der Waals surface area contributed by atoms with Crippen LogP contribution in [0, 0.1) is 6.92 Å². The molecular formula is C10H11BrN2OS. The molecule has 0 saturated carbocycles. The number of thiophene rings is 1. The third-order valence-corrected chi connectivity index (χ3v) is 3.50. The van der Waals surface area contributed by atoms with E-state index in [0.29, 0.717) is 6.54 Å². The number of nitrogens with one attached hydrogen (secondary N) is 1. The zero-order chi connectivity index (χ0) is 10.7. The molecule has 0 atom stereocenters. The number of aromatic nitrogens is 1. The Bertz CT molecular complexity index is 398. The Morgan fingerprint density at radius 2 is 2.33 bits per heavy atom. The van der Waals surface area contributed by atoms with E-state index in [2.05, 4.69) is 38.4 Å². The summed E-state index contributed by atoms with van der Waals surface area (Å²) in [6, 6.07) is 4.15. The van der Waals surface area contributed by atoms with Gasteiger partial charge in [-0.25, -0.2) is 4.98 Å². The molecule has 2 aromatic heterocycles. The summed E-state index contributed by atoms with van der Waals surface area (Å²) in [6.07, 6.45) is 1.73. The van der Waals surface area contributed by atoms with E-state index in [9.17, 15) is 0 Å². The first kappa shape index (κ1) is 10.9. The molecule has 0 aliphatic rings. The number of oxazole rings is 1. The Morgan fingerprint density at radius 3 is 2.93 bits per heavy atom. The van der Waals surface area contributed by atoms with Gasteiger partial charge in [0.15, 0.2) is 0 Å². The lowest BCUT2D eigenvalue weighted by Gasteiger charge is -1.98. The summed E-state index contributed by atoms with van der Waals surface area (Å²) in [4.78, 5) is 5.41. The second-order valence-corrected chi connectivity index (χ2v) is 5.72. The second-order valence-electron chi connectivity index (χ2n) is 3.17. The Hall–Kier alpha value is -0.650. The molecule has 2 rings (SSSR count). The zero-order valence-corrected chi connectivity index (χ0v) is 10.7. The van der Waals surface area contributed by atoms with E-state index in [1.165, 1.54) is 4.88 Å². The molecule has 2 heterocycles. The lowest BCUT2D eigenvalue weighted by molar-refractivity contribution is 0.449. The smallest absolute Gasteiger partial charge is 0.208 e. The van der Waals surface area contributed by atoms with Crippen LogP contribution in [0.3, 0.4) is 0 Å². The molecule has 0 bridgehead atoms. The maximum atomic E-state index is 5.35. The SMILES string of the molecule is Cc1cnc(CNCc2ccc(Br)s2)o1. The van der Waals surface area contributed by atoms with Crippen LogP contribution in [0.15, 0.2) is 26.5 Å². The number of halogens is 1. The van der Waals surface area contributed by atoms with Gasteiger partial charge in [0, 0.05) is 11.4 Å². The van der Waals surface area contributed by atoms with E-state index < -0.39 is 0 Å². The van der Waals surface area contributed by atoms with Crippen molar-refractivity contribution < 1.29 is 4.42 Å². The molecule has 0 aliphatic heterocycles. The Labute approximate surface area is 101 Å². The molecule has 80 valence electrons. The van der Waals surface area contributed by atoms with Crippen LogP contribution < -0.4 is 5.32 Å². The van der Waals surface area contributed by atoms with Crippen molar-refractivity contribution in [1.29, 1.82) is 0 Å². The van der Waals surface area contributed by atoms with E-state index in [1.807, 2.05) is 6.92 Å². The van der Waals surface area contributed by atoms with Crippen molar-refractivity contribution in [2.75, 3.05) is 0 Å². The van der Waals surface area contributed by atoms with Gasteiger partial charge in [0.05, 0.1) is 16.5 Å². The van der Waals surface area contributed by atoms with Crippen molar-refractivity contribution in [2.24, 2.45) is 0 Å². The maximum absolute atomic E-state index is 5.35. The van der Waals surface area contributed by atoms with Gasteiger partial charge in [-0.3, -0.25) is 0 Å². The largest absolute Gasteiger partial charge is 0.445 e. The summed E-state index contributed by atoms with van der Waals surface area (Å²) < 4.78 is 6.51. The lowest BCUT2D eigenvalue weighted by atomic mass is 10.4. The molecule has 2 aromatic rings. The summed E-state index contributed by atoms with van der Waals surface area (Å²) >= 11 is 5.16. The average Bonchev–Trinajstić information content (AvgIpc) is 2.76. The molecular weight excluding hydrogens is 276 g/mol. The molecule has 0 radical (unpaired) electrons. The summed E-state index contributed by atoms with van der Waals surface area (Å²) in [7, 11) is 0. The van der Waals surface area contributed by atoms with Crippen molar-refractivity contribution in [2.45, 2.75) is 20.0 Å². The molecule has 0 aromatic carbocycles. The molecule has 3 nitrogen and oxygen atoms in total. The number of aryl methyl sites for hydroxylation is 1. The summed E-state index contributed by atoms with van der Waals surface area (Å²) in [5, 5.41) is 3.28. The minimum absolute atomic E-state index is 0.670. The Balaban J connectivity index is 1.80. The van der Waals surface area contributed by atoms with E-state index in [1.54, 1.807) is 17.5 Å². The van der Waals surface area contributed by atoms with Gasteiger partial charge in [0.1, 0.15) is 5.76 Å². The van der Waals surface area contributed by atoms with Gasteiger partial charge in [0.25, 0.3) is 0 Å². The standard InChI is InChI=1S/C10H11BrN2OS/c1-7-4-13-10(14-7)6-12-5-8-2-3-9(11)15-8/h2-4,12H,5-6H2,1H3. The molecule has 0 aliphatic carbocycles. The first-order valence-corrected chi connectivity index (χ1v) is 6.21. The predicted octanol–water partition coefficient (Wildman–Crippen LogP) is 3.10. The van der Waals surface area contributed by atoms with Gasteiger partial charge >= 0.3 is 0 Å². The average molecular weight is 287 g/mol. The van der Waals surface area contributed by atoms with Gasteiger partial charge in [-0.15, -0.1) is 11.3 Å². The van der Waals surface area contributed by atoms with Crippen LogP contribution in [0.4, 0.5) is 0 Å². The fourth-order valence-electron chi connectivity index (χ4n) is 1.22. The highest BCUT2D eigenvalue weighted by Crippen LogP contribution is 2.21. The van der Waals surface area contributed by atoms with Gasteiger partial charge < -0.3 is 9.73 Å². The van der Waals surface area contributed by atoms with Crippen LogP contribution in [-0.4, -0.2) is 4.98 Å². The first-order chi connectivity index (χ1) is 7.24. The van der Waals surface area contributed by atoms with Crippen LogP contribution >= 0.6 is 27.3 Å². The van der Waals surface area contributed by atoms with Gasteiger partial charge in [-0.05, 0) is 35.0 Å². The minimum atomic E-state index is 0.670. The first-order valence-electron chi connectivity index (χ1n) is 4.60. The van der Waals surface area contributed by atoms with Gasteiger partial charge in [0.2, 0.25) is 5.89 Å². The second kappa shape index (κ2) is 4.92. The van der Waals surface area contributed by atoms with Gasteiger partial charge in [-0.1, -0.05) is 0 Å². The fraction of sp³-hybridized carbons (Fsp3) is 0.300. The van der Waals surface area contributed by atoms with Crippen LogP contribution in [-0.2, 0) is 13.1 Å². The third-order valence-electron chi connectivity index (χ3n) is 1.87. The summed E-state index contributed by atoms with van der Waals surface area (Å²) in [5.41, 5.74) is 0. The Morgan fingerprint density at radius 1 is 1.47 bits per heavy atom. The van der Waals surface area contributed by atoms with Crippen LogP contribution in [0.2, 0.25) is 0 Å². The van der Waals surface area contributed by atoms with E-state index >= 15 is 0 Å². The topological polar surface area (TPSA) is 38.1 Å². The number of nitrogens with zero attached hydrogens (tertiary/aromatic N) is 1. The number of hydrogen-bond acceptors (Lipinski definition) is 4. The van der Waals surface area contributed by atoms with Crippen molar-refractivity contribution in [1.82, 2.24) is 10.3 Å². The molecule has 15 heavy (non-hydrogen) atoms. The lowest BCUT2D eigenvalue weighted by Crippen LogP contribution is -2.11. The molecule has 5 heteroatoms. The monoisotopic (exact) mass is 286 g/mol. The minimum Gasteiger partial charge on any atom is -0.445 e. The Kier molecular flexibility index (Phi) is 3.56. The highest BCUT2D eigenvalue weighted by atomic mass is 79.9. The number of hydrogen-bond donors (Lipinski definition) is 1. The van der Waals surface area contributed by atoms with Crippen LogP contribution in [0.25, 0.3) is 0 Å². The van der Waals surface area contributed by atoms with E-state index in [4.69, 9.17) is 4.42 Å². The van der Waals surface area contributed by atoms with Crippen molar-refractivity contribution >= 4 is 27.3 Å². The fourth-order valence-corrected chi connectivity index (χ4v) is 2.68. The van der Waals surface area contributed by atoms with E-state index in [-0.39, 0.29) is 0 Å². The van der Waals surface area contributed by atoms with Crippen molar-refractivity contribution in [3.63, 3.8) is 0 Å². The van der Waals surface area contributed by atoms with Gasteiger partial charge in [-0.2, -0.15) is 0 Å². The normalized spacial score (nSPS) is 10.8. The van der Waals surface area contributed by atoms with Crippen molar-refractivity contribution in [3.05, 3.63) is 38.6 Å². The molecule has 0 unspecified atom stereocenters. The highest BCUT2D eigenvalue weighted by Gasteiger charge is 2.01. The molecule has 0 amide bonds. The summed E-state index contributed by atoms with van der Waals surface area (Å²) in [5.74, 6) is 1.59.